The van der Waals surface area contributed by atoms with Crippen molar-refractivity contribution >= 4 is 11.9 Å². The summed E-state index contributed by atoms with van der Waals surface area (Å²) >= 11 is 0. The largest absolute Gasteiger partial charge is 0.456 e. The van der Waals surface area contributed by atoms with Gasteiger partial charge in [-0.25, -0.2) is 4.98 Å². The average Bonchev–Trinajstić information content (AvgIpc) is 3.30. The smallest absolute Gasteiger partial charge is 0.306 e. The van der Waals surface area contributed by atoms with Gasteiger partial charge in [-0.3, -0.25) is 9.59 Å². The Balaban J connectivity index is 1.20. The van der Waals surface area contributed by atoms with Crippen LogP contribution in [0.5, 0.6) is 0 Å². The van der Waals surface area contributed by atoms with Gasteiger partial charge in [0.05, 0.1) is 18.7 Å². The molecule has 0 fully saturated rings. The highest BCUT2D eigenvalue weighted by Gasteiger charge is 2.16. The van der Waals surface area contributed by atoms with Crippen molar-refractivity contribution in [3.8, 4) is 11.3 Å². The summed E-state index contributed by atoms with van der Waals surface area (Å²) < 4.78 is 10.9. The zero-order chi connectivity index (χ0) is 23.2. The third-order valence-corrected chi connectivity index (χ3v) is 6.05. The van der Waals surface area contributed by atoms with Crippen molar-refractivity contribution in [3.05, 3.63) is 76.8 Å². The van der Waals surface area contributed by atoms with Crippen LogP contribution >= 0.6 is 0 Å². The number of aryl methyl sites for hydroxylation is 4. The Labute approximate surface area is 194 Å². The number of carbonyl (C=O) groups is 2. The lowest BCUT2D eigenvalue weighted by atomic mass is 9.89. The number of fused-ring (bicyclic) bond motifs is 1. The van der Waals surface area contributed by atoms with Gasteiger partial charge in [0, 0.05) is 12.0 Å². The van der Waals surface area contributed by atoms with Crippen LogP contribution in [-0.4, -0.2) is 23.5 Å². The zero-order valence-electron chi connectivity index (χ0n) is 19.2. The molecule has 6 heteroatoms. The average molecular weight is 447 g/mol. The summed E-state index contributed by atoms with van der Waals surface area (Å²) in [6.45, 7) is 3.67. The topological polar surface area (TPSA) is 81.4 Å². The quantitative estimate of drug-likeness (QED) is 0.499. The maximum atomic E-state index is 12.3. The van der Waals surface area contributed by atoms with Crippen LogP contribution in [0.4, 0.5) is 0 Å². The van der Waals surface area contributed by atoms with Gasteiger partial charge >= 0.3 is 5.97 Å². The van der Waals surface area contributed by atoms with Crippen molar-refractivity contribution < 1.29 is 18.7 Å². The molecule has 1 aromatic heterocycles. The van der Waals surface area contributed by atoms with E-state index in [1.807, 2.05) is 38.1 Å². The van der Waals surface area contributed by atoms with Crippen LogP contribution in [0.3, 0.4) is 0 Å². The van der Waals surface area contributed by atoms with E-state index in [2.05, 4.69) is 28.5 Å². The van der Waals surface area contributed by atoms with Crippen molar-refractivity contribution in [2.24, 2.45) is 0 Å². The van der Waals surface area contributed by atoms with E-state index in [9.17, 15) is 9.59 Å². The Bertz CT molecular complexity index is 1120. The molecule has 0 saturated carbocycles. The van der Waals surface area contributed by atoms with Gasteiger partial charge in [-0.1, -0.05) is 48.0 Å². The molecule has 1 N–H and O–H groups in total. The molecule has 3 aromatic rings. The van der Waals surface area contributed by atoms with Gasteiger partial charge in [0.1, 0.15) is 0 Å². The van der Waals surface area contributed by atoms with E-state index in [4.69, 9.17) is 9.15 Å². The molecule has 6 nitrogen and oxygen atoms in total. The van der Waals surface area contributed by atoms with E-state index in [1.165, 1.54) is 29.5 Å². The summed E-state index contributed by atoms with van der Waals surface area (Å²) in [7, 11) is 0. The van der Waals surface area contributed by atoms with Crippen LogP contribution in [0.1, 0.15) is 60.4 Å². The van der Waals surface area contributed by atoms with E-state index in [0.29, 0.717) is 18.1 Å². The molecule has 0 bridgehead atoms. The Morgan fingerprint density at radius 3 is 2.64 bits per heavy atom. The Morgan fingerprint density at radius 1 is 1.09 bits per heavy atom. The van der Waals surface area contributed by atoms with Gasteiger partial charge < -0.3 is 14.5 Å². The number of carbonyl (C=O) groups excluding carboxylic acids is 2. The number of oxazole rings is 1. The highest BCUT2D eigenvalue weighted by molar-refractivity contribution is 5.80. The maximum absolute atomic E-state index is 12.3. The third kappa shape index (κ3) is 6.09. The second-order valence-electron chi connectivity index (χ2n) is 8.67. The molecular formula is C27H30N2O4. The minimum atomic E-state index is -0.457. The molecule has 0 aliphatic heterocycles. The van der Waals surface area contributed by atoms with Gasteiger partial charge in [0.2, 0.25) is 0 Å². The molecule has 1 heterocycles. The molecule has 0 unspecified atom stereocenters. The van der Waals surface area contributed by atoms with Gasteiger partial charge in [-0.2, -0.15) is 0 Å². The van der Waals surface area contributed by atoms with E-state index in [-0.39, 0.29) is 25.0 Å². The number of esters is 1. The van der Waals surface area contributed by atoms with Crippen LogP contribution in [-0.2, 0) is 33.6 Å². The fourth-order valence-electron chi connectivity index (χ4n) is 4.09. The zero-order valence-corrected chi connectivity index (χ0v) is 19.2. The van der Waals surface area contributed by atoms with Gasteiger partial charge in [0.15, 0.2) is 18.3 Å². The first-order chi connectivity index (χ1) is 16.0. The summed E-state index contributed by atoms with van der Waals surface area (Å²) in [6, 6.07) is 14.2. The standard InChI is InChI=1S/C27H30N2O4/c1-18-7-9-21(10-8-18)24-16-28-26(33-24)13-14-27(31)32-17-25(30)29-19(2)22-12-11-20-5-3-4-6-23(20)15-22/h7-12,15-16,19H,3-6,13-14,17H2,1-2H3,(H,29,30)/t19-/m0/s1. The minimum Gasteiger partial charge on any atom is -0.456 e. The second kappa shape index (κ2) is 10.5. The van der Waals surface area contributed by atoms with Gasteiger partial charge in [-0.15, -0.1) is 0 Å². The number of aromatic nitrogens is 1. The molecule has 4 rings (SSSR count). The monoisotopic (exact) mass is 446 g/mol. The lowest BCUT2D eigenvalue weighted by Gasteiger charge is -2.20. The van der Waals surface area contributed by atoms with E-state index >= 15 is 0 Å². The SMILES string of the molecule is Cc1ccc(-c2cnc(CCC(=O)OCC(=O)N[C@@H](C)c3ccc4c(c3)CCCC4)o2)cc1. The van der Waals surface area contributed by atoms with E-state index in [1.54, 1.807) is 6.20 Å². The maximum Gasteiger partial charge on any atom is 0.306 e. The number of nitrogens with one attached hydrogen (secondary N) is 1. The van der Waals surface area contributed by atoms with E-state index in [0.717, 1.165) is 24.0 Å². The summed E-state index contributed by atoms with van der Waals surface area (Å²) in [5.74, 6) is 0.356. The first kappa shape index (κ1) is 22.8. The lowest BCUT2D eigenvalue weighted by Crippen LogP contribution is -2.31. The molecule has 0 radical (unpaired) electrons. The molecule has 2 aromatic carbocycles. The van der Waals surface area contributed by atoms with Crippen LogP contribution < -0.4 is 5.32 Å². The summed E-state index contributed by atoms with van der Waals surface area (Å²) in [5, 5.41) is 2.91. The van der Waals surface area contributed by atoms with Crippen LogP contribution in [0.2, 0.25) is 0 Å². The summed E-state index contributed by atoms with van der Waals surface area (Å²) in [4.78, 5) is 28.6. The van der Waals surface area contributed by atoms with Crippen molar-refractivity contribution in [1.82, 2.24) is 10.3 Å². The fourth-order valence-corrected chi connectivity index (χ4v) is 4.09. The highest BCUT2D eigenvalue weighted by Crippen LogP contribution is 2.25. The molecule has 172 valence electrons. The Morgan fingerprint density at radius 2 is 1.85 bits per heavy atom. The number of hydrogen-bond acceptors (Lipinski definition) is 5. The molecule has 1 amide bonds. The molecule has 0 spiro atoms. The summed E-state index contributed by atoms with van der Waals surface area (Å²) in [5.41, 5.74) is 5.97. The number of amides is 1. The van der Waals surface area contributed by atoms with Crippen molar-refractivity contribution in [2.75, 3.05) is 6.61 Å². The predicted molar refractivity (Wildman–Crippen MR) is 126 cm³/mol. The normalized spacial score (nSPS) is 13.8. The van der Waals surface area contributed by atoms with Crippen molar-refractivity contribution in [2.45, 2.75) is 58.4 Å². The molecular weight excluding hydrogens is 416 g/mol. The Hall–Kier alpha value is -3.41. The Kier molecular flexibility index (Phi) is 7.23. The van der Waals surface area contributed by atoms with Crippen LogP contribution in [0.25, 0.3) is 11.3 Å². The van der Waals surface area contributed by atoms with Crippen molar-refractivity contribution in [3.63, 3.8) is 0 Å². The number of hydrogen-bond donors (Lipinski definition) is 1. The van der Waals surface area contributed by atoms with Gasteiger partial charge in [0.25, 0.3) is 5.91 Å². The molecule has 33 heavy (non-hydrogen) atoms. The van der Waals surface area contributed by atoms with E-state index < -0.39 is 5.97 Å². The third-order valence-electron chi connectivity index (χ3n) is 6.05. The highest BCUT2D eigenvalue weighted by atomic mass is 16.5. The molecule has 1 aliphatic carbocycles. The fraction of sp³-hybridized carbons (Fsp3) is 0.370. The second-order valence-corrected chi connectivity index (χ2v) is 8.67. The number of ether oxygens (including phenoxy) is 1. The van der Waals surface area contributed by atoms with Crippen LogP contribution in [0, 0.1) is 6.92 Å². The first-order valence-corrected chi connectivity index (χ1v) is 11.6. The number of nitrogens with zero attached hydrogens (tertiary/aromatic N) is 1. The molecule has 1 aliphatic rings. The minimum absolute atomic E-state index is 0.0987. The first-order valence-electron chi connectivity index (χ1n) is 11.6. The van der Waals surface area contributed by atoms with Crippen LogP contribution in [0.15, 0.2) is 53.1 Å². The lowest BCUT2D eigenvalue weighted by molar-refractivity contribution is -0.148. The van der Waals surface area contributed by atoms with Crippen molar-refractivity contribution in [1.29, 1.82) is 0 Å². The molecule has 0 saturated heterocycles. The van der Waals surface area contributed by atoms with Gasteiger partial charge in [-0.05, 0) is 56.2 Å². The predicted octanol–water partition coefficient (Wildman–Crippen LogP) is 4.88. The number of rotatable bonds is 8. The molecule has 1 atom stereocenters. The summed E-state index contributed by atoms with van der Waals surface area (Å²) in [6.07, 6.45) is 6.76. The number of benzene rings is 2.